The zero-order valence-electron chi connectivity index (χ0n) is 21.2. The van der Waals surface area contributed by atoms with Crippen LogP contribution in [0.25, 0.3) is 33.4 Å². The molecular formula is C30H34ClNO4. The van der Waals surface area contributed by atoms with E-state index in [1.165, 1.54) is 37.9 Å². The number of fused-ring (bicyclic) bond motifs is 1. The van der Waals surface area contributed by atoms with E-state index < -0.39 is 0 Å². The highest BCUT2D eigenvalue weighted by Gasteiger charge is 2.20. The molecule has 0 saturated carbocycles. The van der Waals surface area contributed by atoms with Gasteiger partial charge in [-0.2, -0.15) is 0 Å². The van der Waals surface area contributed by atoms with Gasteiger partial charge in [0.1, 0.15) is 35.2 Å². The van der Waals surface area contributed by atoms with Crippen molar-refractivity contribution >= 4 is 23.4 Å². The molecule has 1 aromatic heterocycles. The summed E-state index contributed by atoms with van der Waals surface area (Å²) >= 11 is 0. The average molecular weight is 508 g/mol. The van der Waals surface area contributed by atoms with Crippen LogP contribution < -0.4 is 14.2 Å². The van der Waals surface area contributed by atoms with Crippen LogP contribution in [0.2, 0.25) is 0 Å². The molecule has 0 amide bonds. The molecule has 5 rings (SSSR count). The van der Waals surface area contributed by atoms with Gasteiger partial charge in [0.25, 0.3) is 0 Å². The lowest BCUT2D eigenvalue weighted by atomic mass is 9.95. The molecule has 0 radical (unpaired) electrons. The molecule has 5 nitrogen and oxygen atoms in total. The van der Waals surface area contributed by atoms with Gasteiger partial charge in [-0.05, 0) is 92.5 Å². The van der Waals surface area contributed by atoms with E-state index in [0.717, 1.165) is 57.2 Å². The minimum Gasteiger partial charge on any atom is -0.497 e. The Morgan fingerprint density at radius 3 is 2.22 bits per heavy atom. The second-order valence-electron chi connectivity index (χ2n) is 9.12. The van der Waals surface area contributed by atoms with Crippen LogP contribution >= 0.6 is 12.4 Å². The van der Waals surface area contributed by atoms with Crippen molar-refractivity contribution in [2.24, 2.45) is 0 Å². The zero-order chi connectivity index (χ0) is 24.2. The Morgan fingerprint density at radius 2 is 1.50 bits per heavy atom. The van der Waals surface area contributed by atoms with Gasteiger partial charge < -0.3 is 18.6 Å². The largest absolute Gasteiger partial charge is 0.497 e. The Kier molecular flexibility index (Phi) is 8.44. The van der Waals surface area contributed by atoms with Crippen LogP contribution in [0.4, 0.5) is 0 Å². The second-order valence-corrected chi connectivity index (χ2v) is 9.12. The van der Waals surface area contributed by atoms with Crippen LogP contribution in [0.1, 0.15) is 24.8 Å². The van der Waals surface area contributed by atoms with Crippen molar-refractivity contribution in [2.75, 3.05) is 40.5 Å². The molecule has 0 spiro atoms. The van der Waals surface area contributed by atoms with Gasteiger partial charge in [-0.3, -0.25) is 4.90 Å². The summed E-state index contributed by atoms with van der Waals surface area (Å²) in [6.07, 6.45) is 3.93. The molecule has 1 aliphatic rings. The summed E-state index contributed by atoms with van der Waals surface area (Å²) in [6.45, 7) is 6.15. The van der Waals surface area contributed by atoms with E-state index in [0.29, 0.717) is 6.61 Å². The highest BCUT2D eigenvalue weighted by molar-refractivity contribution is 6.03. The van der Waals surface area contributed by atoms with E-state index in [1.807, 2.05) is 36.4 Å². The number of ether oxygens (including phenoxy) is 3. The molecule has 190 valence electrons. The van der Waals surface area contributed by atoms with Gasteiger partial charge in [0.2, 0.25) is 0 Å². The number of nitrogens with zero attached hydrogens (tertiary/aromatic N) is 1. The first-order valence-corrected chi connectivity index (χ1v) is 12.4. The number of piperidine rings is 1. The fraction of sp³-hybridized carbons (Fsp3) is 0.333. The summed E-state index contributed by atoms with van der Waals surface area (Å²) in [5.74, 6) is 3.29. The van der Waals surface area contributed by atoms with Gasteiger partial charge in [0.05, 0.1) is 14.2 Å². The van der Waals surface area contributed by atoms with E-state index in [1.54, 1.807) is 14.2 Å². The van der Waals surface area contributed by atoms with Crippen molar-refractivity contribution in [3.05, 3.63) is 66.2 Å². The van der Waals surface area contributed by atoms with Crippen molar-refractivity contribution in [2.45, 2.75) is 26.2 Å². The Hall–Kier alpha value is -3.15. The summed E-state index contributed by atoms with van der Waals surface area (Å²) in [5.41, 5.74) is 5.12. The number of hydrogen-bond donors (Lipinski definition) is 0. The Morgan fingerprint density at radius 1 is 0.806 bits per heavy atom. The number of methoxy groups -OCH3 is 2. The zero-order valence-corrected chi connectivity index (χ0v) is 22.0. The van der Waals surface area contributed by atoms with Gasteiger partial charge >= 0.3 is 0 Å². The standard InChI is InChI=1S/C30H33NO4.ClH/c1-21-7-10-25(34-18-17-31-15-5-4-6-16-31)19-27(21)29-26-14-13-24(33-3)20-28(26)35-30(29)22-8-11-23(32-2)12-9-22;/h7-14,19-20H,4-6,15-18H2,1-3H3;1H. The molecule has 0 N–H and O–H groups in total. The fourth-order valence-electron chi connectivity index (χ4n) is 4.85. The average Bonchev–Trinajstić information content (AvgIpc) is 3.28. The third kappa shape index (κ3) is 5.48. The molecule has 2 heterocycles. The highest BCUT2D eigenvalue weighted by Crippen LogP contribution is 2.44. The predicted octanol–water partition coefficient (Wildman–Crippen LogP) is 7.38. The van der Waals surface area contributed by atoms with Crippen LogP contribution in [-0.2, 0) is 0 Å². The van der Waals surface area contributed by atoms with Crippen LogP contribution in [-0.4, -0.2) is 45.4 Å². The second kappa shape index (κ2) is 11.7. The molecule has 6 heteroatoms. The molecular weight excluding hydrogens is 474 g/mol. The number of hydrogen-bond acceptors (Lipinski definition) is 5. The quantitative estimate of drug-likeness (QED) is 0.249. The number of benzene rings is 3. The summed E-state index contributed by atoms with van der Waals surface area (Å²) in [4.78, 5) is 2.50. The fourth-order valence-corrected chi connectivity index (χ4v) is 4.85. The summed E-state index contributed by atoms with van der Waals surface area (Å²) in [5, 5.41) is 1.05. The lowest BCUT2D eigenvalue weighted by Crippen LogP contribution is -2.33. The van der Waals surface area contributed by atoms with E-state index in [4.69, 9.17) is 18.6 Å². The lowest BCUT2D eigenvalue weighted by Gasteiger charge is -2.26. The van der Waals surface area contributed by atoms with Crippen LogP contribution in [0, 0.1) is 6.92 Å². The summed E-state index contributed by atoms with van der Waals surface area (Å²) in [7, 11) is 3.35. The lowest BCUT2D eigenvalue weighted by molar-refractivity contribution is 0.183. The molecule has 36 heavy (non-hydrogen) atoms. The third-order valence-electron chi connectivity index (χ3n) is 6.85. The molecule has 3 aromatic carbocycles. The Labute approximate surface area is 219 Å². The van der Waals surface area contributed by atoms with E-state index in [9.17, 15) is 0 Å². The van der Waals surface area contributed by atoms with Crippen LogP contribution in [0.3, 0.4) is 0 Å². The normalized spacial score (nSPS) is 13.9. The summed E-state index contributed by atoms with van der Waals surface area (Å²) < 4.78 is 23.5. The molecule has 1 aliphatic heterocycles. The first kappa shape index (κ1) is 25.9. The molecule has 0 aliphatic carbocycles. The maximum absolute atomic E-state index is 6.44. The third-order valence-corrected chi connectivity index (χ3v) is 6.85. The van der Waals surface area contributed by atoms with Gasteiger partial charge in [0, 0.05) is 29.1 Å². The van der Waals surface area contributed by atoms with Crippen molar-refractivity contribution in [3.8, 4) is 39.7 Å². The maximum atomic E-state index is 6.44. The van der Waals surface area contributed by atoms with Gasteiger partial charge in [-0.25, -0.2) is 0 Å². The first-order valence-electron chi connectivity index (χ1n) is 12.4. The number of aryl methyl sites for hydroxylation is 1. The minimum absolute atomic E-state index is 0. The van der Waals surface area contributed by atoms with E-state index >= 15 is 0 Å². The van der Waals surface area contributed by atoms with Crippen molar-refractivity contribution in [1.29, 1.82) is 0 Å². The highest BCUT2D eigenvalue weighted by atomic mass is 35.5. The van der Waals surface area contributed by atoms with Crippen molar-refractivity contribution in [1.82, 2.24) is 4.90 Å². The van der Waals surface area contributed by atoms with Gasteiger partial charge in [0.15, 0.2) is 0 Å². The summed E-state index contributed by atoms with van der Waals surface area (Å²) in [6, 6.07) is 20.3. The van der Waals surface area contributed by atoms with Crippen molar-refractivity contribution in [3.63, 3.8) is 0 Å². The predicted molar refractivity (Wildman–Crippen MR) is 148 cm³/mol. The van der Waals surface area contributed by atoms with Crippen molar-refractivity contribution < 1.29 is 18.6 Å². The molecule has 1 fully saturated rings. The molecule has 0 atom stereocenters. The van der Waals surface area contributed by atoms with E-state index in [-0.39, 0.29) is 12.4 Å². The first-order chi connectivity index (χ1) is 17.2. The Bertz CT molecular complexity index is 1290. The van der Waals surface area contributed by atoms with Crippen LogP contribution in [0.5, 0.6) is 17.2 Å². The molecule has 4 aromatic rings. The topological polar surface area (TPSA) is 44.1 Å². The smallest absolute Gasteiger partial charge is 0.143 e. The number of likely N-dealkylation sites (tertiary alicyclic amines) is 1. The monoisotopic (exact) mass is 507 g/mol. The SMILES string of the molecule is COc1ccc(-c2oc3cc(OC)ccc3c2-c2cc(OCCN3CCCCC3)ccc2C)cc1.Cl. The number of rotatable bonds is 8. The number of halogens is 1. The Balaban J connectivity index is 0.00000304. The maximum Gasteiger partial charge on any atom is 0.143 e. The van der Waals surface area contributed by atoms with E-state index in [2.05, 4.69) is 36.1 Å². The van der Waals surface area contributed by atoms with Crippen LogP contribution in [0.15, 0.2) is 65.1 Å². The van der Waals surface area contributed by atoms with Gasteiger partial charge in [-0.15, -0.1) is 12.4 Å². The minimum atomic E-state index is 0. The molecule has 1 saturated heterocycles. The molecule has 0 bridgehead atoms. The van der Waals surface area contributed by atoms with Gasteiger partial charge in [-0.1, -0.05) is 12.5 Å². The molecule has 0 unspecified atom stereocenters. The number of furan rings is 1.